The highest BCUT2D eigenvalue weighted by atomic mass is 32.2. The molecule has 3 heteroatoms. The molecular weight excluding hydrogens is 448 g/mol. The molecule has 196 valence electrons. The van der Waals surface area contributed by atoms with Gasteiger partial charge in [-0.05, 0) is 70.6 Å². The van der Waals surface area contributed by atoms with Crippen LogP contribution in [0.15, 0.2) is 34.1 Å². The third-order valence-corrected chi connectivity index (χ3v) is 9.99. The van der Waals surface area contributed by atoms with Crippen LogP contribution in [0.3, 0.4) is 0 Å². The van der Waals surface area contributed by atoms with Crippen LogP contribution in [0.4, 0.5) is 0 Å². The SMILES string of the molecule is CCC(C)(C)c1cc(Sc2cc(C(C)(C)CC)cc(C(C)(C)CC)c2O)c(O)c(C(C)(C)CC)c1. The van der Waals surface area contributed by atoms with Crippen LogP contribution in [0.2, 0.25) is 0 Å². The zero-order chi connectivity index (χ0) is 27.0. The van der Waals surface area contributed by atoms with E-state index in [0.29, 0.717) is 11.5 Å². The van der Waals surface area contributed by atoms with Crippen LogP contribution in [-0.4, -0.2) is 10.2 Å². The second kappa shape index (κ2) is 10.4. The lowest BCUT2D eigenvalue weighted by Crippen LogP contribution is -2.21. The summed E-state index contributed by atoms with van der Waals surface area (Å²) < 4.78 is 0. The zero-order valence-corrected chi connectivity index (χ0v) is 25.3. The van der Waals surface area contributed by atoms with Gasteiger partial charge in [-0.15, -0.1) is 0 Å². The second-order valence-corrected chi connectivity index (χ2v) is 13.9. The summed E-state index contributed by atoms with van der Waals surface area (Å²) in [5.74, 6) is 0.682. The van der Waals surface area contributed by atoms with Crippen LogP contribution >= 0.6 is 11.8 Å². The average molecular weight is 499 g/mol. The summed E-state index contributed by atoms with van der Waals surface area (Å²) in [7, 11) is 0. The highest BCUT2D eigenvalue weighted by Gasteiger charge is 2.31. The van der Waals surface area contributed by atoms with Gasteiger partial charge < -0.3 is 10.2 Å². The summed E-state index contributed by atoms with van der Waals surface area (Å²) in [6.45, 7) is 26.6. The van der Waals surface area contributed by atoms with Crippen LogP contribution in [0, 0.1) is 0 Å². The largest absolute Gasteiger partial charge is 0.506 e. The van der Waals surface area contributed by atoms with Crippen molar-refractivity contribution in [1.82, 2.24) is 0 Å². The summed E-state index contributed by atoms with van der Waals surface area (Å²) >= 11 is 1.50. The van der Waals surface area contributed by atoms with Gasteiger partial charge >= 0.3 is 0 Å². The summed E-state index contributed by atoms with van der Waals surface area (Å²) in [6, 6.07) is 8.68. The minimum atomic E-state index is -0.150. The summed E-state index contributed by atoms with van der Waals surface area (Å²) in [6.07, 6.45) is 3.88. The van der Waals surface area contributed by atoms with Gasteiger partial charge in [-0.3, -0.25) is 0 Å². The van der Waals surface area contributed by atoms with Crippen molar-refractivity contribution in [2.24, 2.45) is 0 Å². The first-order valence-corrected chi connectivity index (χ1v) is 14.2. The monoisotopic (exact) mass is 498 g/mol. The first kappa shape index (κ1) is 29.6. The summed E-state index contributed by atoms with van der Waals surface area (Å²) in [4.78, 5) is 1.64. The minimum absolute atomic E-state index is 0.00889. The fourth-order valence-electron chi connectivity index (χ4n) is 4.09. The number of benzene rings is 2. The van der Waals surface area contributed by atoms with Crippen molar-refractivity contribution in [3.05, 3.63) is 46.5 Å². The Hall–Kier alpha value is -1.61. The second-order valence-electron chi connectivity index (χ2n) is 12.8. The normalized spacial score (nSPS) is 13.4. The van der Waals surface area contributed by atoms with Crippen molar-refractivity contribution in [3.63, 3.8) is 0 Å². The number of hydrogen-bond acceptors (Lipinski definition) is 3. The molecule has 35 heavy (non-hydrogen) atoms. The molecule has 0 atom stereocenters. The van der Waals surface area contributed by atoms with Crippen molar-refractivity contribution in [1.29, 1.82) is 0 Å². The molecule has 0 unspecified atom stereocenters. The molecule has 0 saturated carbocycles. The van der Waals surface area contributed by atoms with E-state index < -0.39 is 0 Å². The van der Waals surface area contributed by atoms with Gasteiger partial charge in [0.2, 0.25) is 0 Å². The van der Waals surface area contributed by atoms with Crippen molar-refractivity contribution < 1.29 is 10.2 Å². The lowest BCUT2D eigenvalue weighted by molar-refractivity contribution is 0.412. The van der Waals surface area contributed by atoms with E-state index in [0.717, 1.165) is 46.6 Å². The van der Waals surface area contributed by atoms with Gasteiger partial charge in [-0.1, -0.05) is 107 Å². The topological polar surface area (TPSA) is 40.5 Å². The van der Waals surface area contributed by atoms with Crippen LogP contribution in [-0.2, 0) is 21.7 Å². The third-order valence-electron chi connectivity index (χ3n) is 8.93. The van der Waals surface area contributed by atoms with E-state index >= 15 is 0 Å². The molecule has 0 amide bonds. The molecule has 0 aliphatic carbocycles. The lowest BCUT2D eigenvalue weighted by Gasteiger charge is -2.32. The van der Waals surface area contributed by atoms with E-state index in [9.17, 15) is 10.2 Å². The van der Waals surface area contributed by atoms with E-state index in [2.05, 4.69) is 107 Å². The van der Waals surface area contributed by atoms with Gasteiger partial charge in [-0.2, -0.15) is 0 Å². The van der Waals surface area contributed by atoms with E-state index in [1.54, 1.807) is 0 Å². The molecule has 2 aromatic rings. The van der Waals surface area contributed by atoms with Crippen LogP contribution in [0.25, 0.3) is 0 Å². The number of phenols is 2. The lowest BCUT2D eigenvalue weighted by atomic mass is 9.76. The van der Waals surface area contributed by atoms with Crippen molar-refractivity contribution >= 4 is 11.8 Å². The molecule has 0 spiro atoms. The van der Waals surface area contributed by atoms with Gasteiger partial charge in [0.15, 0.2) is 0 Å². The van der Waals surface area contributed by atoms with E-state index in [-0.39, 0.29) is 21.7 Å². The molecule has 0 aromatic heterocycles. The van der Waals surface area contributed by atoms with E-state index in [1.165, 1.54) is 22.9 Å². The Bertz CT molecular complexity index is 961. The standard InChI is InChI=1S/C32H50O2S/c1-13-29(5,6)21-17-23(31(9,10)15-3)27(33)25(19-21)35-26-20-22(30(7,8)14-2)18-24(28(26)34)32(11,12)16-4/h17-20,33-34H,13-16H2,1-12H3. The maximum Gasteiger partial charge on any atom is 0.133 e. The highest BCUT2D eigenvalue weighted by Crippen LogP contribution is 2.50. The van der Waals surface area contributed by atoms with Gasteiger partial charge in [0.25, 0.3) is 0 Å². The van der Waals surface area contributed by atoms with Crippen molar-refractivity contribution in [2.45, 2.75) is 140 Å². The Morgan fingerprint density at radius 3 is 1.06 bits per heavy atom. The maximum atomic E-state index is 11.5. The van der Waals surface area contributed by atoms with Gasteiger partial charge in [0.1, 0.15) is 11.5 Å². The van der Waals surface area contributed by atoms with Gasteiger partial charge in [0, 0.05) is 11.1 Å². The molecule has 2 aromatic carbocycles. The first-order valence-electron chi connectivity index (χ1n) is 13.4. The molecule has 0 aliphatic heterocycles. The fraction of sp³-hybridized carbons (Fsp3) is 0.625. The maximum absolute atomic E-state index is 11.5. The van der Waals surface area contributed by atoms with E-state index in [1.807, 2.05) is 0 Å². The summed E-state index contributed by atoms with van der Waals surface area (Å²) in [5, 5.41) is 23.0. The molecule has 2 nitrogen and oxygen atoms in total. The molecule has 2 rings (SSSR count). The predicted molar refractivity (Wildman–Crippen MR) is 154 cm³/mol. The molecule has 0 bridgehead atoms. The number of hydrogen-bond donors (Lipinski definition) is 2. The van der Waals surface area contributed by atoms with Crippen LogP contribution in [0.5, 0.6) is 11.5 Å². The average Bonchev–Trinajstić information content (AvgIpc) is 2.80. The first-order chi connectivity index (χ1) is 16.0. The molecule has 0 saturated heterocycles. The fourth-order valence-corrected chi connectivity index (χ4v) is 5.11. The number of phenolic OH excluding ortho intramolecular Hbond substituents is 2. The number of rotatable bonds is 10. The van der Waals surface area contributed by atoms with Crippen molar-refractivity contribution in [3.8, 4) is 11.5 Å². The zero-order valence-electron chi connectivity index (χ0n) is 24.4. The molecule has 0 fully saturated rings. The predicted octanol–water partition coefficient (Wildman–Crippen LogP) is 10.00. The smallest absolute Gasteiger partial charge is 0.133 e. The Labute approximate surface area is 219 Å². The third kappa shape index (κ3) is 6.04. The molecule has 2 N–H and O–H groups in total. The van der Waals surface area contributed by atoms with Gasteiger partial charge in [-0.25, -0.2) is 0 Å². The van der Waals surface area contributed by atoms with Gasteiger partial charge in [0.05, 0.1) is 9.79 Å². The van der Waals surface area contributed by atoms with Crippen LogP contribution < -0.4 is 0 Å². The Kier molecular flexibility index (Phi) is 8.80. The molecular formula is C32H50O2S. The number of aromatic hydroxyl groups is 2. The van der Waals surface area contributed by atoms with Crippen molar-refractivity contribution in [2.75, 3.05) is 0 Å². The molecule has 0 radical (unpaired) electrons. The molecule has 0 aliphatic rings. The highest BCUT2D eigenvalue weighted by molar-refractivity contribution is 7.99. The van der Waals surface area contributed by atoms with E-state index in [4.69, 9.17) is 0 Å². The molecule has 0 heterocycles. The minimum Gasteiger partial charge on any atom is -0.506 e. The Balaban J connectivity index is 2.85. The quantitative estimate of drug-likeness (QED) is 0.342. The van der Waals surface area contributed by atoms with Crippen LogP contribution in [0.1, 0.15) is 131 Å². The Morgan fingerprint density at radius 1 is 0.514 bits per heavy atom. The Morgan fingerprint density at radius 2 is 0.800 bits per heavy atom. The summed E-state index contributed by atoms with van der Waals surface area (Å²) in [5.41, 5.74) is 4.12.